The lowest BCUT2D eigenvalue weighted by molar-refractivity contribution is 0.0728. The summed E-state index contributed by atoms with van der Waals surface area (Å²) < 4.78 is 12.9. The number of fused-ring (bicyclic) bond motifs is 2. The fourth-order valence-electron chi connectivity index (χ4n) is 3.58. The Kier molecular flexibility index (Phi) is 5.27. The first-order valence-corrected chi connectivity index (χ1v) is 9.95. The van der Waals surface area contributed by atoms with E-state index in [1.165, 1.54) is 0 Å². The number of carbonyl (C=O) groups is 1. The molecule has 3 heterocycles. The Labute approximate surface area is 169 Å². The van der Waals surface area contributed by atoms with Gasteiger partial charge < -0.3 is 23.9 Å². The molecule has 1 aliphatic rings. The second-order valence-electron chi connectivity index (χ2n) is 7.67. The van der Waals surface area contributed by atoms with E-state index in [-0.39, 0.29) is 11.8 Å². The van der Waals surface area contributed by atoms with Crippen molar-refractivity contribution in [3.05, 3.63) is 41.1 Å². The summed E-state index contributed by atoms with van der Waals surface area (Å²) in [7, 11) is 3.62. The van der Waals surface area contributed by atoms with Gasteiger partial charge in [-0.1, -0.05) is 13.8 Å². The molecule has 0 spiro atoms. The second-order valence-corrected chi connectivity index (χ2v) is 7.67. The van der Waals surface area contributed by atoms with Crippen molar-refractivity contribution < 1.29 is 13.9 Å². The lowest BCUT2D eigenvalue weighted by Crippen LogP contribution is -2.35. The van der Waals surface area contributed by atoms with Gasteiger partial charge in [-0.2, -0.15) is 0 Å². The van der Waals surface area contributed by atoms with Crippen molar-refractivity contribution in [2.75, 3.05) is 32.1 Å². The van der Waals surface area contributed by atoms with Crippen LogP contribution >= 0.6 is 0 Å². The molecule has 1 amide bonds. The molecule has 0 saturated carbocycles. The minimum atomic E-state index is -0.00816. The van der Waals surface area contributed by atoms with E-state index in [9.17, 15) is 4.79 Å². The van der Waals surface area contributed by atoms with Crippen molar-refractivity contribution in [1.82, 2.24) is 19.4 Å². The summed E-state index contributed by atoms with van der Waals surface area (Å²) in [5, 5.41) is 3.25. The van der Waals surface area contributed by atoms with E-state index in [4.69, 9.17) is 9.15 Å². The third-order valence-electron chi connectivity index (χ3n) is 5.24. The van der Waals surface area contributed by atoms with Crippen molar-refractivity contribution in [3.63, 3.8) is 0 Å². The number of nitrogens with zero attached hydrogens (tertiary/aromatic N) is 4. The number of imidazole rings is 1. The number of hydrogen-bond acceptors (Lipinski definition) is 6. The van der Waals surface area contributed by atoms with Crippen LogP contribution in [-0.2, 0) is 24.8 Å². The molecule has 1 aromatic carbocycles. The summed E-state index contributed by atoms with van der Waals surface area (Å²) >= 11 is 0. The number of nitrogens with one attached hydrogen (secondary N) is 1. The summed E-state index contributed by atoms with van der Waals surface area (Å²) in [4.78, 5) is 24.1. The van der Waals surface area contributed by atoms with E-state index in [1.807, 2.05) is 34.7 Å². The number of aryl methyl sites for hydroxylation is 1. The molecule has 154 valence electrons. The fourth-order valence-corrected chi connectivity index (χ4v) is 3.58. The molecule has 3 aromatic rings. The number of rotatable bonds is 6. The maximum atomic E-state index is 13.1. The van der Waals surface area contributed by atoms with Gasteiger partial charge in [-0.25, -0.2) is 9.97 Å². The SMILES string of the molecule is COCCNc1nc2cc(C(=O)N3CCc4oc(C(C)C)nc4C3)ccc2n1C. The molecule has 0 saturated heterocycles. The summed E-state index contributed by atoms with van der Waals surface area (Å²) in [6.07, 6.45) is 0.695. The van der Waals surface area contributed by atoms with E-state index < -0.39 is 0 Å². The number of amides is 1. The number of oxazole rings is 1. The van der Waals surface area contributed by atoms with Crippen LogP contribution in [0.15, 0.2) is 22.6 Å². The summed E-state index contributed by atoms with van der Waals surface area (Å²) in [6.45, 7) is 6.49. The van der Waals surface area contributed by atoms with Crippen LogP contribution in [0.25, 0.3) is 11.0 Å². The van der Waals surface area contributed by atoms with Gasteiger partial charge in [0.15, 0.2) is 5.89 Å². The van der Waals surface area contributed by atoms with Crippen molar-refractivity contribution in [3.8, 4) is 0 Å². The Bertz CT molecular complexity index is 1040. The molecule has 0 atom stereocenters. The number of carbonyl (C=O) groups excluding carboxylic acids is 1. The zero-order valence-corrected chi connectivity index (χ0v) is 17.4. The number of anilines is 1. The van der Waals surface area contributed by atoms with Crippen LogP contribution in [0.2, 0.25) is 0 Å². The van der Waals surface area contributed by atoms with Crippen molar-refractivity contribution >= 4 is 22.9 Å². The first kappa shape index (κ1) is 19.4. The topological polar surface area (TPSA) is 85.4 Å². The van der Waals surface area contributed by atoms with Gasteiger partial charge in [0.2, 0.25) is 5.95 Å². The number of benzene rings is 1. The predicted octanol–water partition coefficient (Wildman–Crippen LogP) is 2.94. The smallest absolute Gasteiger partial charge is 0.254 e. The van der Waals surface area contributed by atoms with Gasteiger partial charge in [0.1, 0.15) is 11.5 Å². The van der Waals surface area contributed by atoms with Gasteiger partial charge in [0.05, 0.1) is 24.2 Å². The minimum Gasteiger partial charge on any atom is -0.445 e. The molecule has 4 rings (SSSR count). The molecule has 0 radical (unpaired) electrons. The Balaban J connectivity index is 1.54. The highest BCUT2D eigenvalue weighted by Gasteiger charge is 2.27. The molecule has 0 fully saturated rings. The molecule has 29 heavy (non-hydrogen) atoms. The maximum absolute atomic E-state index is 13.1. The van der Waals surface area contributed by atoms with Gasteiger partial charge in [-0.05, 0) is 18.2 Å². The number of hydrogen-bond donors (Lipinski definition) is 1. The number of aromatic nitrogens is 3. The molecule has 8 nitrogen and oxygen atoms in total. The predicted molar refractivity (Wildman–Crippen MR) is 110 cm³/mol. The summed E-state index contributed by atoms with van der Waals surface area (Å²) in [5.74, 6) is 2.64. The Morgan fingerprint density at radius 1 is 1.34 bits per heavy atom. The molecule has 0 bridgehead atoms. The van der Waals surface area contributed by atoms with Crippen LogP contribution < -0.4 is 5.32 Å². The molecular weight excluding hydrogens is 370 g/mol. The van der Waals surface area contributed by atoms with Crippen LogP contribution in [0, 0.1) is 0 Å². The Morgan fingerprint density at radius 2 is 2.17 bits per heavy atom. The van der Waals surface area contributed by atoms with Gasteiger partial charge in [-0.3, -0.25) is 4.79 Å². The summed E-state index contributed by atoms with van der Waals surface area (Å²) in [6, 6.07) is 5.67. The Morgan fingerprint density at radius 3 is 2.93 bits per heavy atom. The monoisotopic (exact) mass is 397 g/mol. The van der Waals surface area contributed by atoms with E-state index in [0.717, 1.165) is 34.3 Å². The molecule has 0 unspecified atom stereocenters. The lowest BCUT2D eigenvalue weighted by Gasteiger charge is -2.25. The highest BCUT2D eigenvalue weighted by Crippen LogP contribution is 2.26. The molecule has 8 heteroatoms. The highest BCUT2D eigenvalue weighted by molar-refractivity contribution is 5.97. The Hall–Kier alpha value is -2.87. The van der Waals surface area contributed by atoms with E-state index in [0.29, 0.717) is 38.2 Å². The van der Waals surface area contributed by atoms with E-state index in [2.05, 4.69) is 29.1 Å². The first-order chi connectivity index (χ1) is 14.0. The van der Waals surface area contributed by atoms with Gasteiger partial charge in [0, 0.05) is 45.1 Å². The lowest BCUT2D eigenvalue weighted by atomic mass is 10.1. The van der Waals surface area contributed by atoms with Crippen molar-refractivity contribution in [2.24, 2.45) is 7.05 Å². The standard InChI is InChI=1S/C21H27N5O3/c1-13(2)19-23-16-12-26(9-7-18(16)29-19)20(27)14-5-6-17-15(11-14)24-21(25(17)3)22-8-10-28-4/h5-6,11,13H,7-10,12H2,1-4H3,(H,22,24). The largest absolute Gasteiger partial charge is 0.445 e. The molecule has 0 aliphatic carbocycles. The number of methoxy groups -OCH3 is 1. The van der Waals surface area contributed by atoms with Gasteiger partial charge in [-0.15, -0.1) is 0 Å². The van der Waals surface area contributed by atoms with Crippen molar-refractivity contribution in [2.45, 2.75) is 32.7 Å². The average molecular weight is 397 g/mol. The molecule has 2 aromatic heterocycles. The normalized spacial score (nSPS) is 13.9. The highest BCUT2D eigenvalue weighted by atomic mass is 16.5. The second kappa shape index (κ2) is 7.87. The zero-order chi connectivity index (χ0) is 20.5. The van der Waals surface area contributed by atoms with E-state index >= 15 is 0 Å². The minimum absolute atomic E-state index is 0.00816. The third kappa shape index (κ3) is 3.72. The number of ether oxygens (including phenoxy) is 1. The first-order valence-electron chi connectivity index (χ1n) is 9.95. The average Bonchev–Trinajstić information content (AvgIpc) is 3.28. The van der Waals surface area contributed by atoms with Crippen LogP contribution in [0.4, 0.5) is 5.95 Å². The molecule has 1 aliphatic heterocycles. The summed E-state index contributed by atoms with van der Waals surface area (Å²) in [5.41, 5.74) is 3.27. The van der Waals surface area contributed by atoms with Crippen LogP contribution in [0.3, 0.4) is 0 Å². The van der Waals surface area contributed by atoms with Crippen LogP contribution in [-0.4, -0.2) is 52.1 Å². The van der Waals surface area contributed by atoms with Crippen LogP contribution in [0.1, 0.15) is 47.5 Å². The van der Waals surface area contributed by atoms with Gasteiger partial charge >= 0.3 is 0 Å². The van der Waals surface area contributed by atoms with E-state index in [1.54, 1.807) is 7.11 Å². The fraction of sp³-hybridized carbons (Fsp3) is 0.476. The van der Waals surface area contributed by atoms with Crippen LogP contribution in [0.5, 0.6) is 0 Å². The molecule has 1 N–H and O–H groups in total. The quantitative estimate of drug-likeness (QED) is 0.644. The maximum Gasteiger partial charge on any atom is 0.254 e. The molecular formula is C21H27N5O3. The zero-order valence-electron chi connectivity index (χ0n) is 17.4. The third-order valence-corrected chi connectivity index (χ3v) is 5.24. The van der Waals surface area contributed by atoms with Crippen molar-refractivity contribution in [1.29, 1.82) is 0 Å². The van der Waals surface area contributed by atoms with Gasteiger partial charge in [0.25, 0.3) is 5.91 Å².